The van der Waals surface area contributed by atoms with Gasteiger partial charge in [0.1, 0.15) is 6.61 Å². The molecular formula is C19H15N3O4. The number of hydrogen-bond donors (Lipinski definition) is 3. The van der Waals surface area contributed by atoms with Gasteiger partial charge in [-0.1, -0.05) is 48.5 Å². The second kappa shape index (κ2) is 6.36. The van der Waals surface area contributed by atoms with Gasteiger partial charge in [0.15, 0.2) is 11.5 Å². The van der Waals surface area contributed by atoms with Crippen molar-refractivity contribution in [2.24, 2.45) is 0 Å². The normalized spacial score (nSPS) is 12.3. The van der Waals surface area contributed by atoms with Crippen molar-refractivity contribution in [3.63, 3.8) is 0 Å². The van der Waals surface area contributed by atoms with Crippen molar-refractivity contribution < 1.29 is 19.4 Å². The van der Waals surface area contributed by atoms with E-state index in [0.29, 0.717) is 0 Å². The third-order valence-corrected chi connectivity index (χ3v) is 4.42. The van der Waals surface area contributed by atoms with Crippen molar-refractivity contribution in [3.05, 3.63) is 71.7 Å². The van der Waals surface area contributed by atoms with Crippen LogP contribution in [0.25, 0.3) is 11.1 Å². The zero-order valence-corrected chi connectivity index (χ0v) is 13.6. The van der Waals surface area contributed by atoms with E-state index in [1.807, 2.05) is 36.4 Å². The maximum atomic E-state index is 12.1. The molecule has 1 aromatic heterocycles. The monoisotopic (exact) mass is 349 g/mol. The number of fused-ring (bicyclic) bond motifs is 3. The lowest BCUT2D eigenvalue weighted by atomic mass is 9.98. The van der Waals surface area contributed by atoms with Crippen LogP contribution in [0.2, 0.25) is 0 Å². The van der Waals surface area contributed by atoms with E-state index in [4.69, 9.17) is 9.84 Å². The zero-order chi connectivity index (χ0) is 18.1. The first-order valence-electron chi connectivity index (χ1n) is 8.04. The first-order chi connectivity index (χ1) is 12.6. The minimum absolute atomic E-state index is 0.0636. The van der Waals surface area contributed by atoms with Gasteiger partial charge in [0.05, 0.1) is 6.33 Å². The van der Waals surface area contributed by atoms with Crippen LogP contribution in [0.15, 0.2) is 54.9 Å². The third kappa shape index (κ3) is 2.69. The largest absolute Gasteiger partial charge is 0.476 e. The number of rotatable bonds is 4. The van der Waals surface area contributed by atoms with Gasteiger partial charge >= 0.3 is 12.1 Å². The molecule has 1 aliphatic carbocycles. The summed E-state index contributed by atoms with van der Waals surface area (Å²) < 4.78 is 5.35. The Hall–Kier alpha value is -3.61. The van der Waals surface area contributed by atoms with Crippen molar-refractivity contribution in [1.82, 2.24) is 9.97 Å². The maximum Gasteiger partial charge on any atom is 0.412 e. The average molecular weight is 349 g/mol. The van der Waals surface area contributed by atoms with Crippen LogP contribution < -0.4 is 5.32 Å². The zero-order valence-electron chi connectivity index (χ0n) is 13.6. The van der Waals surface area contributed by atoms with E-state index in [2.05, 4.69) is 27.4 Å². The van der Waals surface area contributed by atoms with Gasteiger partial charge in [-0.15, -0.1) is 0 Å². The fourth-order valence-corrected chi connectivity index (χ4v) is 3.28. The molecule has 2 aromatic carbocycles. The predicted molar refractivity (Wildman–Crippen MR) is 94.2 cm³/mol. The molecule has 0 saturated heterocycles. The van der Waals surface area contributed by atoms with E-state index in [-0.39, 0.29) is 24.0 Å². The highest BCUT2D eigenvalue weighted by atomic mass is 16.5. The van der Waals surface area contributed by atoms with Gasteiger partial charge in [0.25, 0.3) is 0 Å². The highest BCUT2D eigenvalue weighted by Gasteiger charge is 2.29. The summed E-state index contributed by atoms with van der Waals surface area (Å²) in [5, 5.41) is 11.4. The number of ether oxygens (including phenoxy) is 1. The van der Waals surface area contributed by atoms with E-state index in [0.717, 1.165) is 22.3 Å². The molecule has 3 aromatic rings. The molecule has 0 fully saturated rings. The van der Waals surface area contributed by atoms with E-state index in [9.17, 15) is 9.59 Å². The molecule has 0 bridgehead atoms. The molecule has 0 spiro atoms. The molecule has 0 aliphatic heterocycles. The van der Waals surface area contributed by atoms with Crippen LogP contribution in [-0.2, 0) is 4.74 Å². The SMILES string of the molecule is O=C(Nc1nc[nH]c1C(=O)O)OCC1c2ccccc2-c2ccccc21. The third-order valence-electron chi connectivity index (χ3n) is 4.42. The fourth-order valence-electron chi connectivity index (χ4n) is 3.28. The molecule has 130 valence electrons. The molecule has 26 heavy (non-hydrogen) atoms. The van der Waals surface area contributed by atoms with E-state index >= 15 is 0 Å². The number of hydrogen-bond acceptors (Lipinski definition) is 4. The minimum Gasteiger partial charge on any atom is -0.476 e. The molecule has 7 nitrogen and oxygen atoms in total. The van der Waals surface area contributed by atoms with Crippen molar-refractivity contribution in [1.29, 1.82) is 0 Å². The highest BCUT2D eigenvalue weighted by molar-refractivity contribution is 5.95. The molecule has 0 radical (unpaired) electrons. The summed E-state index contributed by atoms with van der Waals surface area (Å²) in [5.74, 6) is -1.35. The second-order valence-corrected chi connectivity index (χ2v) is 5.88. The van der Waals surface area contributed by atoms with Crippen LogP contribution in [-0.4, -0.2) is 33.7 Å². The lowest BCUT2D eigenvalue weighted by molar-refractivity contribution is 0.0692. The predicted octanol–water partition coefficient (Wildman–Crippen LogP) is 3.47. The Labute approximate surface area is 148 Å². The molecule has 0 unspecified atom stereocenters. The van der Waals surface area contributed by atoms with Gasteiger partial charge in [-0.25, -0.2) is 14.6 Å². The van der Waals surface area contributed by atoms with E-state index < -0.39 is 12.1 Å². The number of carbonyl (C=O) groups is 2. The average Bonchev–Trinajstić information content (AvgIpc) is 3.23. The lowest BCUT2D eigenvalue weighted by Gasteiger charge is -2.14. The number of carboxylic acid groups (broad SMARTS) is 1. The number of nitrogens with zero attached hydrogens (tertiary/aromatic N) is 1. The molecule has 0 atom stereocenters. The molecule has 7 heteroatoms. The van der Waals surface area contributed by atoms with Gasteiger partial charge in [-0.05, 0) is 22.3 Å². The Bertz CT molecular complexity index is 950. The summed E-state index contributed by atoms with van der Waals surface area (Å²) in [7, 11) is 0. The van der Waals surface area contributed by atoms with Crippen molar-refractivity contribution in [2.45, 2.75) is 5.92 Å². The van der Waals surface area contributed by atoms with Gasteiger partial charge in [-0.2, -0.15) is 0 Å². The summed E-state index contributed by atoms with van der Waals surface area (Å²) >= 11 is 0. The maximum absolute atomic E-state index is 12.1. The molecule has 1 heterocycles. The minimum atomic E-state index is -1.21. The summed E-state index contributed by atoms with van der Waals surface area (Å²) in [5.41, 5.74) is 4.29. The van der Waals surface area contributed by atoms with E-state index in [1.54, 1.807) is 0 Å². The number of carboxylic acids is 1. The number of anilines is 1. The van der Waals surface area contributed by atoms with Crippen LogP contribution in [0.4, 0.5) is 10.6 Å². The summed E-state index contributed by atoms with van der Waals surface area (Å²) in [4.78, 5) is 29.4. The number of H-pyrrole nitrogens is 1. The quantitative estimate of drug-likeness (QED) is 0.669. The van der Waals surface area contributed by atoms with Crippen LogP contribution in [0.3, 0.4) is 0 Å². The molecule has 4 rings (SSSR count). The fraction of sp³-hybridized carbons (Fsp3) is 0.105. The number of nitrogens with one attached hydrogen (secondary N) is 2. The molecule has 1 aliphatic rings. The topological polar surface area (TPSA) is 104 Å². The van der Waals surface area contributed by atoms with Crippen LogP contribution in [0.1, 0.15) is 27.5 Å². The molecule has 3 N–H and O–H groups in total. The summed E-state index contributed by atoms with van der Waals surface area (Å²) in [6.45, 7) is 0.146. The smallest absolute Gasteiger partial charge is 0.412 e. The van der Waals surface area contributed by atoms with Crippen molar-refractivity contribution >= 4 is 17.9 Å². The number of aromatic carboxylic acids is 1. The number of aromatic amines is 1. The van der Waals surface area contributed by atoms with E-state index in [1.165, 1.54) is 6.33 Å². The van der Waals surface area contributed by atoms with Gasteiger partial charge in [0, 0.05) is 5.92 Å². The van der Waals surface area contributed by atoms with Crippen molar-refractivity contribution in [3.8, 4) is 11.1 Å². The Balaban J connectivity index is 1.50. The Morgan fingerprint density at radius 3 is 2.31 bits per heavy atom. The second-order valence-electron chi connectivity index (χ2n) is 5.88. The summed E-state index contributed by atoms with van der Waals surface area (Å²) in [6, 6.07) is 16.0. The van der Waals surface area contributed by atoms with Crippen LogP contribution in [0, 0.1) is 0 Å². The van der Waals surface area contributed by atoms with Crippen LogP contribution in [0.5, 0.6) is 0 Å². The molecule has 1 amide bonds. The van der Waals surface area contributed by atoms with Gasteiger partial charge < -0.3 is 14.8 Å². The number of aromatic nitrogens is 2. The first-order valence-corrected chi connectivity index (χ1v) is 8.04. The van der Waals surface area contributed by atoms with Crippen molar-refractivity contribution in [2.75, 3.05) is 11.9 Å². The Morgan fingerprint density at radius 2 is 1.69 bits per heavy atom. The number of amides is 1. The Kier molecular flexibility index (Phi) is 3.89. The standard InChI is InChI=1S/C19H15N3O4/c23-18(24)16-17(21-10-20-16)22-19(25)26-9-15-13-7-3-1-5-11(13)12-6-2-4-8-14(12)15/h1-8,10,15H,9H2,(H,20,21)(H,22,25)(H,23,24). The molecular weight excluding hydrogens is 334 g/mol. The first kappa shape index (κ1) is 15.9. The highest BCUT2D eigenvalue weighted by Crippen LogP contribution is 2.44. The number of carbonyl (C=O) groups excluding carboxylic acids is 1. The molecule has 0 saturated carbocycles. The number of benzene rings is 2. The van der Waals surface area contributed by atoms with Crippen LogP contribution >= 0.6 is 0 Å². The summed E-state index contributed by atoms with van der Waals surface area (Å²) in [6.07, 6.45) is 0.448. The van der Waals surface area contributed by atoms with Gasteiger partial charge in [0.2, 0.25) is 0 Å². The number of imidazole rings is 1. The lowest BCUT2D eigenvalue weighted by Crippen LogP contribution is -2.19. The van der Waals surface area contributed by atoms with Gasteiger partial charge in [-0.3, -0.25) is 5.32 Å². The Morgan fingerprint density at radius 1 is 1.08 bits per heavy atom.